The molecule has 1 aliphatic carbocycles. The fourth-order valence-corrected chi connectivity index (χ4v) is 4.47. The molecule has 140 valence electrons. The summed E-state index contributed by atoms with van der Waals surface area (Å²) in [6, 6.07) is 0.480. The first-order valence-corrected chi connectivity index (χ1v) is 9.76. The van der Waals surface area contributed by atoms with Crippen LogP contribution in [-0.4, -0.2) is 56.7 Å². The van der Waals surface area contributed by atoms with Crippen LogP contribution in [0.3, 0.4) is 0 Å². The highest BCUT2D eigenvalue weighted by molar-refractivity contribution is 5.87. The Kier molecular flexibility index (Phi) is 4.54. The molecule has 0 bridgehead atoms. The molecular weight excluding hydrogens is 328 g/mol. The molecule has 4 rings (SSSR count). The van der Waals surface area contributed by atoms with Gasteiger partial charge < -0.3 is 9.80 Å². The van der Waals surface area contributed by atoms with Crippen molar-refractivity contribution >= 4 is 22.8 Å². The average molecular weight is 356 g/mol. The van der Waals surface area contributed by atoms with Gasteiger partial charge in [0.1, 0.15) is 11.6 Å². The lowest BCUT2D eigenvalue weighted by molar-refractivity contribution is -0.129. The molecule has 1 saturated carbocycles. The minimum absolute atomic E-state index is 0.332. The third-order valence-electron chi connectivity index (χ3n) is 5.83. The number of carbonyl (C=O) groups excluding carboxylic acids is 1. The minimum Gasteiger partial charge on any atom is -0.359 e. The Balaban J connectivity index is 1.52. The van der Waals surface area contributed by atoms with E-state index in [1.165, 1.54) is 25.7 Å². The summed E-state index contributed by atoms with van der Waals surface area (Å²) in [6.45, 7) is 3.78. The zero-order valence-corrected chi connectivity index (χ0v) is 16.0. The van der Waals surface area contributed by atoms with Crippen molar-refractivity contribution in [2.45, 2.75) is 51.5 Å². The second-order valence-corrected chi connectivity index (χ2v) is 7.76. The van der Waals surface area contributed by atoms with E-state index in [1.807, 2.05) is 13.2 Å². The van der Waals surface area contributed by atoms with E-state index < -0.39 is 0 Å². The van der Waals surface area contributed by atoms with Crippen LogP contribution in [0, 0.1) is 5.92 Å². The molecule has 1 saturated heterocycles. The standard InChI is InChI=1S/C19H28N6O/c1-4-16-21-18(15-10-20-24(3)19(15)22-16)23(2)11-13-9-17(26)25(12-13)14-7-5-6-8-14/h10,13-14H,4-9,11-12H2,1-3H3/t13-/m1/s1. The van der Waals surface area contributed by atoms with Gasteiger partial charge in [-0.05, 0) is 12.8 Å². The number of nitrogens with zero attached hydrogens (tertiary/aromatic N) is 6. The van der Waals surface area contributed by atoms with Gasteiger partial charge in [0.2, 0.25) is 5.91 Å². The molecule has 1 aliphatic heterocycles. The quantitative estimate of drug-likeness (QED) is 0.821. The van der Waals surface area contributed by atoms with Gasteiger partial charge in [0.15, 0.2) is 5.65 Å². The molecular formula is C19H28N6O. The number of aryl methyl sites for hydroxylation is 2. The summed E-state index contributed by atoms with van der Waals surface area (Å²) in [5.74, 6) is 2.45. The second kappa shape index (κ2) is 6.85. The van der Waals surface area contributed by atoms with Crippen molar-refractivity contribution in [3.8, 4) is 0 Å². The van der Waals surface area contributed by atoms with Gasteiger partial charge in [-0.3, -0.25) is 9.48 Å². The Morgan fingerprint density at radius 3 is 2.77 bits per heavy atom. The van der Waals surface area contributed by atoms with Crippen LogP contribution in [0.5, 0.6) is 0 Å². The highest BCUT2D eigenvalue weighted by atomic mass is 16.2. The molecule has 0 aromatic carbocycles. The number of rotatable bonds is 5. The number of fused-ring (bicyclic) bond motifs is 1. The van der Waals surface area contributed by atoms with Crippen LogP contribution in [0.2, 0.25) is 0 Å². The SMILES string of the molecule is CCc1nc(N(C)C[C@H]2CC(=O)N(C3CCCC3)C2)c2cnn(C)c2n1. The van der Waals surface area contributed by atoms with E-state index in [-0.39, 0.29) is 0 Å². The van der Waals surface area contributed by atoms with Crippen molar-refractivity contribution in [3.63, 3.8) is 0 Å². The zero-order valence-electron chi connectivity index (χ0n) is 16.0. The summed E-state index contributed by atoms with van der Waals surface area (Å²) in [4.78, 5) is 26.2. The van der Waals surface area contributed by atoms with Gasteiger partial charge in [0.25, 0.3) is 0 Å². The number of amides is 1. The summed E-state index contributed by atoms with van der Waals surface area (Å²) in [5, 5.41) is 5.32. The summed E-state index contributed by atoms with van der Waals surface area (Å²) in [6.07, 6.45) is 8.16. The van der Waals surface area contributed by atoms with E-state index in [0.29, 0.717) is 24.3 Å². The van der Waals surface area contributed by atoms with E-state index in [0.717, 1.165) is 42.2 Å². The topological polar surface area (TPSA) is 67.2 Å². The van der Waals surface area contributed by atoms with Gasteiger partial charge in [0.05, 0.1) is 11.6 Å². The Hall–Kier alpha value is -2.18. The van der Waals surface area contributed by atoms with Crippen molar-refractivity contribution in [1.29, 1.82) is 0 Å². The zero-order chi connectivity index (χ0) is 18.3. The summed E-state index contributed by atoms with van der Waals surface area (Å²) in [7, 11) is 3.98. The molecule has 2 aromatic rings. The monoisotopic (exact) mass is 356 g/mol. The summed E-state index contributed by atoms with van der Waals surface area (Å²) < 4.78 is 1.80. The molecule has 2 aromatic heterocycles. The molecule has 0 radical (unpaired) electrons. The lowest BCUT2D eigenvalue weighted by Crippen LogP contribution is -2.35. The molecule has 26 heavy (non-hydrogen) atoms. The van der Waals surface area contributed by atoms with Crippen molar-refractivity contribution in [2.75, 3.05) is 25.0 Å². The molecule has 1 atom stereocenters. The van der Waals surface area contributed by atoms with Crippen LogP contribution < -0.4 is 4.90 Å². The molecule has 2 aliphatic rings. The number of likely N-dealkylation sites (tertiary alicyclic amines) is 1. The van der Waals surface area contributed by atoms with Crippen LogP contribution >= 0.6 is 0 Å². The van der Waals surface area contributed by atoms with Crippen molar-refractivity contribution in [2.24, 2.45) is 13.0 Å². The smallest absolute Gasteiger partial charge is 0.223 e. The third-order valence-corrected chi connectivity index (χ3v) is 5.83. The van der Waals surface area contributed by atoms with Crippen molar-refractivity contribution < 1.29 is 4.79 Å². The molecule has 1 amide bonds. The van der Waals surface area contributed by atoms with Crippen molar-refractivity contribution in [1.82, 2.24) is 24.6 Å². The molecule has 0 unspecified atom stereocenters. The minimum atomic E-state index is 0.332. The average Bonchev–Trinajstić information content (AvgIpc) is 3.35. The highest BCUT2D eigenvalue weighted by Gasteiger charge is 2.36. The van der Waals surface area contributed by atoms with E-state index >= 15 is 0 Å². The maximum absolute atomic E-state index is 12.5. The molecule has 0 N–H and O–H groups in total. The van der Waals surface area contributed by atoms with E-state index in [9.17, 15) is 4.79 Å². The van der Waals surface area contributed by atoms with Gasteiger partial charge >= 0.3 is 0 Å². The number of carbonyl (C=O) groups is 1. The fourth-order valence-electron chi connectivity index (χ4n) is 4.47. The molecule has 2 fully saturated rings. The van der Waals surface area contributed by atoms with Crippen molar-refractivity contribution in [3.05, 3.63) is 12.0 Å². The Labute approximate surface area is 154 Å². The van der Waals surface area contributed by atoms with Gasteiger partial charge in [-0.2, -0.15) is 5.10 Å². The Morgan fingerprint density at radius 2 is 2.04 bits per heavy atom. The van der Waals surface area contributed by atoms with E-state index in [1.54, 1.807) is 4.68 Å². The van der Waals surface area contributed by atoms with E-state index in [4.69, 9.17) is 4.98 Å². The Morgan fingerprint density at radius 1 is 1.27 bits per heavy atom. The van der Waals surface area contributed by atoms with E-state index in [2.05, 4.69) is 33.9 Å². The number of aromatic nitrogens is 4. The van der Waals surface area contributed by atoms with Gasteiger partial charge in [-0.25, -0.2) is 9.97 Å². The molecule has 3 heterocycles. The summed E-state index contributed by atoms with van der Waals surface area (Å²) in [5.41, 5.74) is 0.869. The van der Waals surface area contributed by atoms with Crippen LogP contribution in [0.1, 0.15) is 44.9 Å². The largest absolute Gasteiger partial charge is 0.359 e. The first kappa shape index (κ1) is 17.2. The predicted octanol–water partition coefficient (Wildman–Crippen LogP) is 2.15. The van der Waals surface area contributed by atoms with Crippen LogP contribution in [0.25, 0.3) is 11.0 Å². The lowest BCUT2D eigenvalue weighted by atomic mass is 10.1. The maximum atomic E-state index is 12.5. The number of hydrogen-bond donors (Lipinski definition) is 0. The highest BCUT2D eigenvalue weighted by Crippen LogP contribution is 2.31. The fraction of sp³-hybridized carbons (Fsp3) is 0.684. The molecule has 7 heteroatoms. The predicted molar refractivity (Wildman–Crippen MR) is 101 cm³/mol. The first-order chi connectivity index (χ1) is 12.6. The van der Waals surface area contributed by atoms with Gasteiger partial charge in [0, 0.05) is 52.0 Å². The third kappa shape index (κ3) is 3.04. The second-order valence-electron chi connectivity index (χ2n) is 7.76. The summed E-state index contributed by atoms with van der Waals surface area (Å²) >= 11 is 0. The Bertz CT molecular complexity index is 810. The first-order valence-electron chi connectivity index (χ1n) is 9.76. The molecule has 0 spiro atoms. The van der Waals surface area contributed by atoms with Crippen LogP contribution in [0.4, 0.5) is 5.82 Å². The number of anilines is 1. The van der Waals surface area contributed by atoms with Gasteiger partial charge in [-0.1, -0.05) is 19.8 Å². The lowest BCUT2D eigenvalue weighted by Gasteiger charge is -2.26. The van der Waals surface area contributed by atoms with Crippen LogP contribution in [0.15, 0.2) is 6.20 Å². The normalized spacial score (nSPS) is 21.3. The maximum Gasteiger partial charge on any atom is 0.223 e. The number of hydrogen-bond acceptors (Lipinski definition) is 5. The molecule has 7 nitrogen and oxygen atoms in total. The van der Waals surface area contributed by atoms with Gasteiger partial charge in [-0.15, -0.1) is 0 Å². The van der Waals surface area contributed by atoms with Crippen LogP contribution in [-0.2, 0) is 18.3 Å².